The summed E-state index contributed by atoms with van der Waals surface area (Å²) in [6.07, 6.45) is 8.30. The van der Waals surface area contributed by atoms with Gasteiger partial charge in [-0.2, -0.15) is 0 Å². The molecule has 88 valence electrons. The number of pyridine rings is 1. The summed E-state index contributed by atoms with van der Waals surface area (Å²) >= 11 is 0. The summed E-state index contributed by atoms with van der Waals surface area (Å²) in [5.41, 5.74) is 0.686. The van der Waals surface area contributed by atoms with E-state index in [0.717, 1.165) is 18.8 Å². The molecule has 2 rings (SSSR count). The first-order chi connectivity index (χ1) is 8.31. The molecule has 0 aliphatic rings. The van der Waals surface area contributed by atoms with Gasteiger partial charge in [0.25, 0.3) is 0 Å². The second-order valence-corrected chi connectivity index (χ2v) is 3.87. The second kappa shape index (κ2) is 5.39. The summed E-state index contributed by atoms with van der Waals surface area (Å²) in [4.78, 5) is 20.1. The van der Waals surface area contributed by atoms with Crippen LogP contribution >= 0.6 is 0 Å². The van der Waals surface area contributed by atoms with Gasteiger partial charge in [0.1, 0.15) is 5.82 Å². The highest BCUT2D eigenvalue weighted by molar-refractivity contribution is 5.96. The van der Waals surface area contributed by atoms with Gasteiger partial charge >= 0.3 is 0 Å². The van der Waals surface area contributed by atoms with Gasteiger partial charge in [-0.25, -0.2) is 4.98 Å². The number of rotatable bonds is 5. The predicted octanol–water partition coefficient (Wildman–Crippen LogP) is 2.11. The molecule has 0 aliphatic heterocycles. The van der Waals surface area contributed by atoms with Crippen LogP contribution in [0.5, 0.6) is 0 Å². The van der Waals surface area contributed by atoms with E-state index in [2.05, 4.69) is 16.9 Å². The van der Waals surface area contributed by atoms with Gasteiger partial charge in [0.2, 0.25) is 0 Å². The van der Waals surface area contributed by atoms with Gasteiger partial charge in [-0.1, -0.05) is 6.92 Å². The lowest BCUT2D eigenvalue weighted by molar-refractivity contribution is 0.0989. The Kier molecular flexibility index (Phi) is 3.65. The SMILES string of the molecule is CCCn1ccnc1CC(=O)c1ccncc1. The standard InChI is InChI=1S/C13H15N3O/c1-2-8-16-9-7-15-13(16)10-12(17)11-3-5-14-6-4-11/h3-7,9H,2,8,10H2,1H3. The quantitative estimate of drug-likeness (QED) is 0.738. The zero-order chi connectivity index (χ0) is 12.1. The highest BCUT2D eigenvalue weighted by atomic mass is 16.1. The van der Waals surface area contributed by atoms with Crippen molar-refractivity contribution in [3.05, 3.63) is 48.3 Å². The molecule has 0 radical (unpaired) electrons. The van der Waals surface area contributed by atoms with Crippen molar-refractivity contribution >= 4 is 5.78 Å². The third-order valence-corrected chi connectivity index (χ3v) is 2.59. The van der Waals surface area contributed by atoms with E-state index in [0.29, 0.717) is 12.0 Å². The molecule has 4 heteroatoms. The Morgan fingerprint density at radius 3 is 2.76 bits per heavy atom. The summed E-state index contributed by atoms with van der Waals surface area (Å²) in [5, 5.41) is 0. The van der Waals surface area contributed by atoms with Crippen LogP contribution in [0.4, 0.5) is 0 Å². The highest BCUT2D eigenvalue weighted by Gasteiger charge is 2.10. The Hall–Kier alpha value is -1.97. The van der Waals surface area contributed by atoms with E-state index in [4.69, 9.17) is 0 Å². The van der Waals surface area contributed by atoms with Crippen LogP contribution in [0.25, 0.3) is 0 Å². The minimum Gasteiger partial charge on any atom is -0.335 e. The Bertz CT molecular complexity index is 490. The third kappa shape index (κ3) is 2.78. The molecule has 4 nitrogen and oxygen atoms in total. The molecule has 2 aromatic rings. The Labute approximate surface area is 100 Å². The zero-order valence-corrected chi connectivity index (χ0v) is 9.84. The largest absolute Gasteiger partial charge is 0.335 e. The molecule has 0 spiro atoms. The molecule has 0 fully saturated rings. The predicted molar refractivity (Wildman–Crippen MR) is 64.8 cm³/mol. The van der Waals surface area contributed by atoms with Crippen molar-refractivity contribution in [1.82, 2.24) is 14.5 Å². The molecule has 17 heavy (non-hydrogen) atoms. The maximum atomic E-state index is 12.0. The first-order valence-electron chi connectivity index (χ1n) is 5.74. The van der Waals surface area contributed by atoms with E-state index in [9.17, 15) is 4.79 Å². The molecule has 2 aromatic heterocycles. The van der Waals surface area contributed by atoms with Gasteiger partial charge in [-0.05, 0) is 18.6 Å². The van der Waals surface area contributed by atoms with Gasteiger partial charge in [0.05, 0.1) is 6.42 Å². The van der Waals surface area contributed by atoms with Crippen LogP contribution in [0.3, 0.4) is 0 Å². The average Bonchev–Trinajstić information content (AvgIpc) is 2.78. The zero-order valence-electron chi connectivity index (χ0n) is 9.84. The number of ketones is 1. The fourth-order valence-electron chi connectivity index (χ4n) is 1.74. The molecule has 0 saturated heterocycles. The Morgan fingerprint density at radius 1 is 1.29 bits per heavy atom. The maximum absolute atomic E-state index is 12.0. The van der Waals surface area contributed by atoms with E-state index >= 15 is 0 Å². The van der Waals surface area contributed by atoms with Gasteiger partial charge in [-0.15, -0.1) is 0 Å². The van der Waals surface area contributed by atoms with E-state index in [1.54, 1.807) is 30.7 Å². The van der Waals surface area contributed by atoms with E-state index in [-0.39, 0.29) is 5.78 Å². The minimum atomic E-state index is 0.0796. The van der Waals surface area contributed by atoms with Crippen LogP contribution in [-0.4, -0.2) is 20.3 Å². The number of hydrogen-bond acceptors (Lipinski definition) is 3. The highest BCUT2D eigenvalue weighted by Crippen LogP contribution is 2.06. The summed E-state index contributed by atoms with van der Waals surface area (Å²) in [7, 11) is 0. The van der Waals surface area contributed by atoms with Crippen molar-refractivity contribution in [2.75, 3.05) is 0 Å². The lowest BCUT2D eigenvalue weighted by Crippen LogP contribution is -2.10. The van der Waals surface area contributed by atoms with Gasteiger partial charge in [0.15, 0.2) is 5.78 Å². The number of aryl methyl sites for hydroxylation is 1. The van der Waals surface area contributed by atoms with E-state index in [1.165, 1.54) is 0 Å². The summed E-state index contributed by atoms with van der Waals surface area (Å²) in [5.74, 6) is 0.907. The van der Waals surface area contributed by atoms with Gasteiger partial charge < -0.3 is 4.57 Å². The number of carbonyl (C=O) groups excluding carboxylic acids is 1. The van der Waals surface area contributed by atoms with Crippen LogP contribution in [0.15, 0.2) is 36.9 Å². The first kappa shape index (κ1) is 11.5. The molecule has 0 saturated carbocycles. The molecule has 0 aromatic carbocycles. The molecule has 0 amide bonds. The van der Waals surface area contributed by atoms with Crippen molar-refractivity contribution in [1.29, 1.82) is 0 Å². The number of imidazole rings is 1. The van der Waals surface area contributed by atoms with Crippen LogP contribution < -0.4 is 0 Å². The molecule has 0 N–H and O–H groups in total. The Balaban J connectivity index is 2.11. The first-order valence-corrected chi connectivity index (χ1v) is 5.74. The number of hydrogen-bond donors (Lipinski definition) is 0. The van der Waals surface area contributed by atoms with Crippen LogP contribution in [0.2, 0.25) is 0 Å². The molecule has 0 aliphatic carbocycles. The molecule has 2 heterocycles. The second-order valence-electron chi connectivity index (χ2n) is 3.87. The fraction of sp³-hybridized carbons (Fsp3) is 0.308. The summed E-state index contributed by atoms with van der Waals surface area (Å²) < 4.78 is 2.03. The molecule has 0 unspecified atom stereocenters. The monoisotopic (exact) mass is 229 g/mol. The van der Waals surface area contributed by atoms with Crippen molar-refractivity contribution in [2.24, 2.45) is 0 Å². The summed E-state index contributed by atoms with van der Waals surface area (Å²) in [6, 6.07) is 3.46. The normalized spacial score (nSPS) is 10.4. The smallest absolute Gasteiger partial charge is 0.170 e. The average molecular weight is 229 g/mol. The van der Waals surface area contributed by atoms with Crippen LogP contribution in [-0.2, 0) is 13.0 Å². The van der Waals surface area contributed by atoms with Crippen molar-refractivity contribution in [3.63, 3.8) is 0 Å². The molecule has 0 bridgehead atoms. The van der Waals surface area contributed by atoms with Crippen molar-refractivity contribution in [2.45, 2.75) is 26.3 Å². The number of Topliss-reactive ketones (excluding diaryl/α,β-unsaturated/α-hetero) is 1. The number of aromatic nitrogens is 3. The van der Waals surface area contributed by atoms with E-state index in [1.807, 2.05) is 10.8 Å². The maximum Gasteiger partial charge on any atom is 0.170 e. The Morgan fingerprint density at radius 2 is 2.06 bits per heavy atom. The minimum absolute atomic E-state index is 0.0796. The van der Waals surface area contributed by atoms with Crippen molar-refractivity contribution in [3.8, 4) is 0 Å². The molecular formula is C13H15N3O. The van der Waals surface area contributed by atoms with Crippen molar-refractivity contribution < 1.29 is 4.79 Å². The van der Waals surface area contributed by atoms with Gasteiger partial charge in [0, 0.05) is 36.9 Å². The fourth-order valence-corrected chi connectivity index (χ4v) is 1.74. The van der Waals surface area contributed by atoms with Gasteiger partial charge in [-0.3, -0.25) is 9.78 Å². The number of nitrogens with zero attached hydrogens (tertiary/aromatic N) is 3. The lowest BCUT2D eigenvalue weighted by Gasteiger charge is -2.05. The topological polar surface area (TPSA) is 47.8 Å². The van der Waals surface area contributed by atoms with Crippen LogP contribution in [0, 0.1) is 0 Å². The molecular weight excluding hydrogens is 214 g/mol. The number of carbonyl (C=O) groups is 1. The van der Waals surface area contributed by atoms with E-state index < -0.39 is 0 Å². The van der Waals surface area contributed by atoms with Crippen LogP contribution in [0.1, 0.15) is 29.5 Å². The third-order valence-electron chi connectivity index (χ3n) is 2.59. The summed E-state index contributed by atoms with van der Waals surface area (Å²) in [6.45, 7) is 3.01. The molecule has 0 atom stereocenters. The lowest BCUT2D eigenvalue weighted by atomic mass is 10.1.